The fraction of sp³-hybridized carbons (Fsp3) is 0.167. The van der Waals surface area contributed by atoms with Gasteiger partial charge >= 0.3 is 0 Å². The maximum Gasteiger partial charge on any atom is -0.00911 e. The Balaban J connectivity index is 2.24. The van der Waals surface area contributed by atoms with Crippen LogP contribution in [0, 0.1) is 20.8 Å². The fourth-order valence-electron chi connectivity index (χ4n) is 3.46. The van der Waals surface area contributed by atoms with Crippen LogP contribution in [-0.4, -0.2) is 0 Å². The van der Waals surface area contributed by atoms with Crippen molar-refractivity contribution in [3.8, 4) is 22.3 Å². The molecule has 0 bridgehead atoms. The van der Waals surface area contributed by atoms with Gasteiger partial charge in [-0.1, -0.05) is 66.7 Å². The molecule has 0 radical (unpaired) electrons. The molecule has 0 aliphatic heterocycles. The maximum atomic E-state index is 3.97. The van der Waals surface area contributed by atoms with Crippen LogP contribution in [0.4, 0.5) is 0 Å². The Kier molecular flexibility index (Phi) is 4.66. The SMILES string of the molecule is C=CCc1c(-c2ccccc2C)ccc(-c2ccccc2C)c1C. The first-order valence-corrected chi connectivity index (χ1v) is 8.49. The van der Waals surface area contributed by atoms with E-state index in [0.717, 1.165) is 6.42 Å². The van der Waals surface area contributed by atoms with Crippen molar-refractivity contribution in [2.24, 2.45) is 0 Å². The zero-order valence-corrected chi connectivity index (χ0v) is 14.8. The molecule has 0 saturated heterocycles. The zero-order chi connectivity index (χ0) is 17.1. The van der Waals surface area contributed by atoms with Gasteiger partial charge in [-0.3, -0.25) is 0 Å². The fourth-order valence-corrected chi connectivity index (χ4v) is 3.46. The minimum atomic E-state index is 0.884. The van der Waals surface area contributed by atoms with Crippen molar-refractivity contribution in [1.82, 2.24) is 0 Å². The standard InChI is InChI=1S/C24H24/c1-5-10-22-19(4)23(20-13-8-6-11-17(20)2)15-16-24(22)21-14-9-7-12-18(21)3/h5-9,11-16H,1,10H2,2-4H3. The van der Waals surface area contributed by atoms with E-state index in [-0.39, 0.29) is 0 Å². The molecule has 0 nitrogen and oxygen atoms in total. The van der Waals surface area contributed by atoms with E-state index in [0.29, 0.717) is 0 Å². The summed E-state index contributed by atoms with van der Waals surface area (Å²) in [5.41, 5.74) is 10.6. The van der Waals surface area contributed by atoms with Gasteiger partial charge in [0.05, 0.1) is 0 Å². The highest BCUT2D eigenvalue weighted by Gasteiger charge is 2.14. The molecule has 0 heteroatoms. The van der Waals surface area contributed by atoms with Crippen molar-refractivity contribution in [3.63, 3.8) is 0 Å². The minimum absolute atomic E-state index is 0.884. The molecule has 0 heterocycles. The predicted molar refractivity (Wildman–Crippen MR) is 105 cm³/mol. The van der Waals surface area contributed by atoms with Gasteiger partial charge in [-0.2, -0.15) is 0 Å². The Bertz CT molecular complexity index is 884. The first-order chi connectivity index (χ1) is 11.6. The van der Waals surface area contributed by atoms with Crippen molar-refractivity contribution < 1.29 is 0 Å². The molecule has 0 atom stereocenters. The summed E-state index contributed by atoms with van der Waals surface area (Å²) in [6, 6.07) is 21.7. The van der Waals surface area contributed by atoms with Gasteiger partial charge in [-0.05, 0) is 71.7 Å². The second-order valence-corrected chi connectivity index (χ2v) is 6.39. The summed E-state index contributed by atoms with van der Waals surface area (Å²) in [5.74, 6) is 0. The molecule has 0 aliphatic carbocycles. The van der Waals surface area contributed by atoms with Crippen LogP contribution in [-0.2, 0) is 6.42 Å². The second-order valence-electron chi connectivity index (χ2n) is 6.39. The predicted octanol–water partition coefficient (Wildman–Crippen LogP) is 6.67. The third-order valence-electron chi connectivity index (χ3n) is 4.82. The van der Waals surface area contributed by atoms with Crippen molar-refractivity contribution in [2.75, 3.05) is 0 Å². The molecule has 3 aromatic carbocycles. The van der Waals surface area contributed by atoms with Gasteiger partial charge in [-0.25, -0.2) is 0 Å². The van der Waals surface area contributed by atoms with Crippen LogP contribution in [0.2, 0.25) is 0 Å². The second kappa shape index (κ2) is 6.88. The maximum absolute atomic E-state index is 3.97. The zero-order valence-electron chi connectivity index (χ0n) is 14.8. The molecule has 0 saturated carbocycles. The Hall–Kier alpha value is -2.60. The number of rotatable bonds is 4. The Morgan fingerprint density at radius 3 is 1.71 bits per heavy atom. The molecule has 3 rings (SSSR count). The Morgan fingerprint density at radius 2 is 1.17 bits per heavy atom. The van der Waals surface area contributed by atoms with Crippen molar-refractivity contribution in [3.05, 3.63) is 95.6 Å². The molecular weight excluding hydrogens is 288 g/mol. The largest absolute Gasteiger partial charge is 0.103 e. The topological polar surface area (TPSA) is 0 Å². The summed E-state index contributed by atoms with van der Waals surface area (Å²) in [6.45, 7) is 10.6. The van der Waals surface area contributed by atoms with Crippen LogP contribution in [0.15, 0.2) is 73.3 Å². The normalized spacial score (nSPS) is 10.6. The van der Waals surface area contributed by atoms with Crippen LogP contribution in [0.3, 0.4) is 0 Å². The van der Waals surface area contributed by atoms with Crippen LogP contribution in [0.25, 0.3) is 22.3 Å². The molecular formula is C24H24. The minimum Gasteiger partial charge on any atom is -0.103 e. The Labute approximate surface area is 145 Å². The van der Waals surface area contributed by atoms with Gasteiger partial charge < -0.3 is 0 Å². The number of allylic oxidation sites excluding steroid dienone is 1. The third-order valence-corrected chi connectivity index (χ3v) is 4.82. The number of hydrogen-bond donors (Lipinski definition) is 0. The molecule has 0 fully saturated rings. The van der Waals surface area contributed by atoms with Gasteiger partial charge in [0.15, 0.2) is 0 Å². The lowest BCUT2D eigenvalue weighted by Gasteiger charge is -2.18. The Morgan fingerprint density at radius 1 is 0.667 bits per heavy atom. The van der Waals surface area contributed by atoms with E-state index in [9.17, 15) is 0 Å². The monoisotopic (exact) mass is 312 g/mol. The van der Waals surface area contributed by atoms with Gasteiger partial charge in [0.2, 0.25) is 0 Å². The van der Waals surface area contributed by atoms with Crippen LogP contribution < -0.4 is 0 Å². The van der Waals surface area contributed by atoms with Crippen molar-refractivity contribution in [2.45, 2.75) is 27.2 Å². The van der Waals surface area contributed by atoms with Gasteiger partial charge in [-0.15, -0.1) is 6.58 Å². The summed E-state index contributed by atoms with van der Waals surface area (Å²) in [4.78, 5) is 0. The third kappa shape index (κ3) is 2.92. The molecule has 0 N–H and O–H groups in total. The summed E-state index contributed by atoms with van der Waals surface area (Å²) in [5, 5.41) is 0. The van der Waals surface area contributed by atoms with Crippen LogP contribution >= 0.6 is 0 Å². The lowest BCUT2D eigenvalue weighted by atomic mass is 9.86. The molecule has 0 unspecified atom stereocenters. The van der Waals surface area contributed by atoms with Gasteiger partial charge in [0, 0.05) is 0 Å². The molecule has 0 spiro atoms. The average molecular weight is 312 g/mol. The molecule has 0 aliphatic rings. The lowest BCUT2D eigenvalue weighted by molar-refractivity contribution is 1.21. The smallest absolute Gasteiger partial charge is 0.00911 e. The molecule has 24 heavy (non-hydrogen) atoms. The summed E-state index contributed by atoms with van der Waals surface area (Å²) in [6.07, 6.45) is 2.89. The lowest BCUT2D eigenvalue weighted by Crippen LogP contribution is -1.97. The van der Waals surface area contributed by atoms with Gasteiger partial charge in [0.25, 0.3) is 0 Å². The number of benzene rings is 3. The highest BCUT2D eigenvalue weighted by atomic mass is 14.2. The van der Waals surface area contributed by atoms with E-state index in [1.54, 1.807) is 0 Å². The van der Waals surface area contributed by atoms with Crippen LogP contribution in [0.1, 0.15) is 22.3 Å². The molecule has 120 valence electrons. The first kappa shape index (κ1) is 16.3. The van der Waals surface area contributed by atoms with E-state index in [1.807, 2.05) is 6.08 Å². The molecule has 0 amide bonds. The van der Waals surface area contributed by atoms with E-state index < -0.39 is 0 Å². The molecule has 0 aromatic heterocycles. The van der Waals surface area contributed by atoms with Gasteiger partial charge in [0.1, 0.15) is 0 Å². The van der Waals surface area contributed by atoms with E-state index in [4.69, 9.17) is 0 Å². The summed E-state index contributed by atoms with van der Waals surface area (Å²) >= 11 is 0. The van der Waals surface area contributed by atoms with Crippen molar-refractivity contribution >= 4 is 0 Å². The number of aryl methyl sites for hydroxylation is 2. The van der Waals surface area contributed by atoms with E-state index in [2.05, 4.69) is 88.0 Å². The van der Waals surface area contributed by atoms with Crippen molar-refractivity contribution in [1.29, 1.82) is 0 Å². The van der Waals surface area contributed by atoms with E-state index >= 15 is 0 Å². The highest BCUT2D eigenvalue weighted by molar-refractivity contribution is 5.79. The highest BCUT2D eigenvalue weighted by Crippen LogP contribution is 2.35. The summed E-state index contributed by atoms with van der Waals surface area (Å²) in [7, 11) is 0. The van der Waals surface area contributed by atoms with Crippen LogP contribution in [0.5, 0.6) is 0 Å². The first-order valence-electron chi connectivity index (χ1n) is 8.49. The number of hydrogen-bond acceptors (Lipinski definition) is 0. The molecule has 3 aromatic rings. The summed E-state index contributed by atoms with van der Waals surface area (Å²) < 4.78 is 0. The average Bonchev–Trinajstić information content (AvgIpc) is 2.58. The quantitative estimate of drug-likeness (QED) is 0.472. The van der Waals surface area contributed by atoms with E-state index in [1.165, 1.54) is 44.5 Å².